The van der Waals surface area contributed by atoms with Gasteiger partial charge in [-0.2, -0.15) is 0 Å². The molecule has 0 saturated carbocycles. The molecule has 5 heteroatoms. The summed E-state index contributed by atoms with van der Waals surface area (Å²) in [5, 5.41) is 12.9. The van der Waals surface area contributed by atoms with Crippen molar-refractivity contribution in [1.29, 1.82) is 0 Å². The SMILES string of the molecule is CC(=O)[C@H]1[C@H](C)NC(=O)[C@H]1CC(=O)[O-]. The number of aliphatic carboxylic acids is 1. The Morgan fingerprint density at radius 1 is 1.50 bits per heavy atom. The predicted molar refractivity (Wildman–Crippen MR) is 44.9 cm³/mol. The topological polar surface area (TPSA) is 86.3 Å². The van der Waals surface area contributed by atoms with Gasteiger partial charge in [0.1, 0.15) is 5.78 Å². The van der Waals surface area contributed by atoms with E-state index in [1.54, 1.807) is 6.92 Å². The Hall–Kier alpha value is -1.39. The van der Waals surface area contributed by atoms with Crippen molar-refractivity contribution in [3.05, 3.63) is 0 Å². The number of hydrogen-bond donors (Lipinski definition) is 1. The first-order valence-electron chi connectivity index (χ1n) is 4.44. The summed E-state index contributed by atoms with van der Waals surface area (Å²) in [6.45, 7) is 3.06. The molecule has 0 unspecified atom stereocenters. The van der Waals surface area contributed by atoms with Gasteiger partial charge in [0.25, 0.3) is 0 Å². The fraction of sp³-hybridized carbons (Fsp3) is 0.667. The summed E-state index contributed by atoms with van der Waals surface area (Å²) in [6, 6.07) is -0.288. The molecule has 78 valence electrons. The monoisotopic (exact) mass is 198 g/mol. The summed E-state index contributed by atoms with van der Waals surface area (Å²) in [5.74, 6) is -3.15. The van der Waals surface area contributed by atoms with Crippen molar-refractivity contribution in [2.24, 2.45) is 11.8 Å². The Bertz CT molecular complexity index is 287. The van der Waals surface area contributed by atoms with Crippen molar-refractivity contribution in [2.45, 2.75) is 26.3 Å². The molecule has 1 aliphatic rings. The molecule has 1 saturated heterocycles. The normalized spacial score (nSPS) is 31.3. The van der Waals surface area contributed by atoms with E-state index >= 15 is 0 Å². The van der Waals surface area contributed by atoms with Crippen LogP contribution < -0.4 is 10.4 Å². The van der Waals surface area contributed by atoms with E-state index < -0.39 is 17.8 Å². The molecule has 1 heterocycles. The van der Waals surface area contributed by atoms with Crippen molar-refractivity contribution < 1.29 is 19.5 Å². The number of nitrogens with one attached hydrogen (secondary N) is 1. The predicted octanol–water partition coefficient (Wildman–Crippen LogP) is -1.53. The number of carboxylic acids is 1. The van der Waals surface area contributed by atoms with Crippen LogP contribution in [-0.2, 0) is 14.4 Å². The van der Waals surface area contributed by atoms with Crippen LogP contribution in [-0.4, -0.2) is 23.7 Å². The van der Waals surface area contributed by atoms with Crippen LogP contribution in [0, 0.1) is 11.8 Å². The second-order valence-corrected chi connectivity index (χ2v) is 3.62. The zero-order valence-corrected chi connectivity index (χ0v) is 8.07. The van der Waals surface area contributed by atoms with Gasteiger partial charge in [0.05, 0.1) is 5.92 Å². The zero-order valence-electron chi connectivity index (χ0n) is 8.07. The number of carbonyl (C=O) groups is 3. The summed E-state index contributed by atoms with van der Waals surface area (Å²) in [5.41, 5.74) is 0. The van der Waals surface area contributed by atoms with E-state index in [9.17, 15) is 19.5 Å². The molecule has 0 aliphatic carbocycles. The highest BCUT2D eigenvalue weighted by atomic mass is 16.4. The third kappa shape index (κ3) is 1.92. The third-order valence-corrected chi connectivity index (χ3v) is 2.53. The van der Waals surface area contributed by atoms with Crippen LogP contribution in [0.25, 0.3) is 0 Å². The molecule has 0 radical (unpaired) electrons. The minimum absolute atomic E-state index is 0.165. The van der Waals surface area contributed by atoms with Gasteiger partial charge >= 0.3 is 0 Å². The Balaban J connectivity index is 2.83. The van der Waals surface area contributed by atoms with Crippen LogP contribution in [0.3, 0.4) is 0 Å². The van der Waals surface area contributed by atoms with Gasteiger partial charge in [-0.1, -0.05) is 0 Å². The molecular weight excluding hydrogens is 186 g/mol. The number of rotatable bonds is 3. The molecule has 0 spiro atoms. The third-order valence-electron chi connectivity index (χ3n) is 2.53. The fourth-order valence-corrected chi connectivity index (χ4v) is 1.97. The average molecular weight is 198 g/mol. The first-order chi connectivity index (χ1) is 6.43. The molecule has 14 heavy (non-hydrogen) atoms. The fourth-order valence-electron chi connectivity index (χ4n) is 1.97. The van der Waals surface area contributed by atoms with Crippen LogP contribution in [0.2, 0.25) is 0 Å². The van der Waals surface area contributed by atoms with Crippen molar-refractivity contribution in [2.75, 3.05) is 0 Å². The molecule has 5 nitrogen and oxygen atoms in total. The second-order valence-electron chi connectivity index (χ2n) is 3.62. The van der Waals surface area contributed by atoms with E-state index in [2.05, 4.69) is 5.32 Å². The molecule has 1 fully saturated rings. The first-order valence-corrected chi connectivity index (χ1v) is 4.44. The van der Waals surface area contributed by atoms with Crippen molar-refractivity contribution in [3.8, 4) is 0 Å². The molecule has 0 aromatic heterocycles. The Labute approximate surface area is 81.5 Å². The summed E-state index contributed by atoms with van der Waals surface area (Å²) >= 11 is 0. The largest absolute Gasteiger partial charge is 0.550 e. The van der Waals surface area contributed by atoms with Gasteiger partial charge < -0.3 is 15.2 Å². The second kappa shape index (κ2) is 3.77. The van der Waals surface area contributed by atoms with E-state index in [0.29, 0.717) is 0 Å². The number of Topliss-reactive ketones (excluding diaryl/α,β-unsaturated/α-hetero) is 1. The van der Waals surface area contributed by atoms with Crippen molar-refractivity contribution in [1.82, 2.24) is 5.32 Å². The maximum Gasteiger partial charge on any atom is 0.224 e. The quantitative estimate of drug-likeness (QED) is 0.595. The molecule has 0 aromatic rings. The average Bonchev–Trinajstić information content (AvgIpc) is 2.25. The number of hydrogen-bond acceptors (Lipinski definition) is 4. The summed E-state index contributed by atoms with van der Waals surface area (Å²) in [6.07, 6.45) is -0.388. The molecule has 0 aromatic carbocycles. The molecule has 1 amide bonds. The Kier molecular flexibility index (Phi) is 2.88. The van der Waals surface area contributed by atoms with Gasteiger partial charge in [0.2, 0.25) is 5.91 Å². The highest BCUT2D eigenvalue weighted by Crippen LogP contribution is 2.26. The zero-order chi connectivity index (χ0) is 10.9. The van der Waals surface area contributed by atoms with E-state index in [0.717, 1.165) is 0 Å². The lowest BCUT2D eigenvalue weighted by molar-refractivity contribution is -0.306. The minimum atomic E-state index is -1.30. The summed E-state index contributed by atoms with van der Waals surface area (Å²) in [4.78, 5) is 32.8. The van der Waals surface area contributed by atoms with Crippen LogP contribution in [0.15, 0.2) is 0 Å². The highest BCUT2D eigenvalue weighted by molar-refractivity contribution is 5.93. The lowest BCUT2D eigenvalue weighted by atomic mass is 9.85. The lowest BCUT2D eigenvalue weighted by Crippen LogP contribution is -2.32. The molecule has 3 atom stereocenters. The van der Waals surface area contributed by atoms with E-state index in [1.165, 1.54) is 6.92 Å². The summed E-state index contributed by atoms with van der Waals surface area (Å²) < 4.78 is 0. The Morgan fingerprint density at radius 3 is 2.50 bits per heavy atom. The van der Waals surface area contributed by atoms with E-state index in [1.807, 2.05) is 0 Å². The maximum absolute atomic E-state index is 11.3. The van der Waals surface area contributed by atoms with Crippen molar-refractivity contribution >= 4 is 17.7 Å². The lowest BCUT2D eigenvalue weighted by Gasteiger charge is -2.16. The molecule has 1 rings (SSSR count). The van der Waals surface area contributed by atoms with Gasteiger partial charge in [0, 0.05) is 17.9 Å². The smallest absolute Gasteiger partial charge is 0.224 e. The molecule has 0 bridgehead atoms. The number of carboxylic acid groups (broad SMARTS) is 1. The van der Waals surface area contributed by atoms with E-state index in [-0.39, 0.29) is 24.2 Å². The standard InChI is InChI=1S/C9H13NO4/c1-4-8(5(2)11)6(3-7(12)13)9(14)10-4/h4,6,8H,3H2,1-2H3,(H,10,14)(H,12,13)/p-1/t4-,6-,8+/m0/s1. The van der Waals surface area contributed by atoms with Crippen molar-refractivity contribution in [3.63, 3.8) is 0 Å². The van der Waals surface area contributed by atoms with Gasteiger partial charge in [-0.25, -0.2) is 0 Å². The minimum Gasteiger partial charge on any atom is -0.550 e. The summed E-state index contributed by atoms with van der Waals surface area (Å²) in [7, 11) is 0. The van der Waals surface area contributed by atoms with Gasteiger partial charge in [-0.05, 0) is 20.3 Å². The van der Waals surface area contributed by atoms with Gasteiger partial charge in [0.15, 0.2) is 0 Å². The van der Waals surface area contributed by atoms with Crippen LogP contribution in [0.1, 0.15) is 20.3 Å². The van der Waals surface area contributed by atoms with Crippen LogP contribution in [0.5, 0.6) is 0 Å². The van der Waals surface area contributed by atoms with Crippen LogP contribution >= 0.6 is 0 Å². The number of carbonyl (C=O) groups excluding carboxylic acids is 3. The van der Waals surface area contributed by atoms with E-state index in [4.69, 9.17) is 0 Å². The number of amides is 1. The molecule has 1 N–H and O–H groups in total. The first kappa shape index (κ1) is 10.7. The maximum atomic E-state index is 11.3. The Morgan fingerprint density at radius 2 is 2.07 bits per heavy atom. The van der Waals surface area contributed by atoms with Gasteiger partial charge in [-0.15, -0.1) is 0 Å². The van der Waals surface area contributed by atoms with Gasteiger partial charge in [-0.3, -0.25) is 9.59 Å². The number of ketones is 1. The molecule has 1 aliphatic heterocycles. The highest BCUT2D eigenvalue weighted by Gasteiger charge is 2.42. The van der Waals surface area contributed by atoms with Crippen LogP contribution in [0.4, 0.5) is 0 Å². The molecular formula is C9H12NO4-.